The quantitative estimate of drug-likeness (QED) is 0.674. The van der Waals surface area contributed by atoms with Crippen molar-refractivity contribution < 1.29 is 4.79 Å². The van der Waals surface area contributed by atoms with Crippen molar-refractivity contribution in [3.63, 3.8) is 0 Å². The van der Waals surface area contributed by atoms with E-state index in [0.717, 1.165) is 12.0 Å². The van der Waals surface area contributed by atoms with Gasteiger partial charge in [0.1, 0.15) is 12.4 Å². The van der Waals surface area contributed by atoms with Crippen LogP contribution in [0.5, 0.6) is 0 Å². The van der Waals surface area contributed by atoms with Crippen LogP contribution < -0.4 is 4.90 Å². The summed E-state index contributed by atoms with van der Waals surface area (Å²) < 4.78 is 0. The number of hydrogen-bond donors (Lipinski definition) is 0. The van der Waals surface area contributed by atoms with E-state index in [1.165, 1.54) is 0 Å². The highest BCUT2D eigenvalue weighted by molar-refractivity contribution is 5.60. The molecule has 0 aromatic heterocycles. The SMILES string of the molecule is CN(CCC=O)c1ccccc1C#N. The fraction of sp³-hybridized carbons (Fsp3) is 0.273. The van der Waals surface area contributed by atoms with Crippen LogP contribution in [0, 0.1) is 11.3 Å². The van der Waals surface area contributed by atoms with Crippen LogP contribution in [-0.2, 0) is 4.79 Å². The van der Waals surface area contributed by atoms with Crippen LogP contribution in [0.25, 0.3) is 0 Å². The standard InChI is InChI=1S/C11H12N2O/c1-13(7-4-8-14)11-6-3-2-5-10(11)9-12/h2-3,5-6,8H,4,7H2,1H3. The average Bonchev–Trinajstić information content (AvgIpc) is 2.25. The molecule has 3 heteroatoms. The van der Waals surface area contributed by atoms with Gasteiger partial charge in [-0.3, -0.25) is 0 Å². The molecular weight excluding hydrogens is 176 g/mol. The van der Waals surface area contributed by atoms with Crippen molar-refractivity contribution in [3.05, 3.63) is 29.8 Å². The lowest BCUT2D eigenvalue weighted by Crippen LogP contribution is -2.19. The highest BCUT2D eigenvalue weighted by Crippen LogP contribution is 2.17. The van der Waals surface area contributed by atoms with Gasteiger partial charge in [-0.1, -0.05) is 12.1 Å². The summed E-state index contributed by atoms with van der Waals surface area (Å²) in [5, 5.41) is 8.85. The molecular formula is C11H12N2O. The Morgan fingerprint density at radius 1 is 1.50 bits per heavy atom. The van der Waals surface area contributed by atoms with E-state index in [1.54, 1.807) is 6.07 Å². The molecule has 0 spiro atoms. The first-order valence-corrected chi connectivity index (χ1v) is 4.43. The molecule has 0 bridgehead atoms. The van der Waals surface area contributed by atoms with Gasteiger partial charge in [0.25, 0.3) is 0 Å². The second-order valence-electron chi connectivity index (χ2n) is 3.01. The minimum Gasteiger partial charge on any atom is -0.373 e. The molecule has 0 amide bonds. The Hall–Kier alpha value is -1.82. The van der Waals surface area contributed by atoms with Gasteiger partial charge in [-0.25, -0.2) is 0 Å². The Labute approximate surface area is 83.6 Å². The van der Waals surface area contributed by atoms with Crippen LogP contribution in [0.3, 0.4) is 0 Å². The van der Waals surface area contributed by atoms with Crippen LogP contribution in [0.4, 0.5) is 5.69 Å². The smallest absolute Gasteiger partial charge is 0.121 e. The first-order chi connectivity index (χ1) is 6.79. The van der Waals surface area contributed by atoms with Crippen molar-refractivity contribution in [2.75, 3.05) is 18.5 Å². The normalized spacial score (nSPS) is 9.14. The summed E-state index contributed by atoms with van der Waals surface area (Å²) in [6, 6.07) is 9.48. The predicted octanol–water partition coefficient (Wildman–Crippen LogP) is 1.58. The van der Waals surface area contributed by atoms with E-state index in [0.29, 0.717) is 18.5 Å². The summed E-state index contributed by atoms with van der Waals surface area (Å²) in [6.07, 6.45) is 1.36. The second-order valence-corrected chi connectivity index (χ2v) is 3.01. The second kappa shape index (κ2) is 5.03. The summed E-state index contributed by atoms with van der Waals surface area (Å²) >= 11 is 0. The van der Waals surface area contributed by atoms with E-state index >= 15 is 0 Å². The maximum atomic E-state index is 10.2. The van der Waals surface area contributed by atoms with Crippen LogP contribution in [0.2, 0.25) is 0 Å². The van der Waals surface area contributed by atoms with Gasteiger partial charge < -0.3 is 9.69 Å². The Morgan fingerprint density at radius 3 is 2.86 bits per heavy atom. The lowest BCUT2D eigenvalue weighted by molar-refractivity contribution is -0.107. The lowest BCUT2D eigenvalue weighted by atomic mass is 10.2. The molecule has 1 rings (SSSR count). The van der Waals surface area contributed by atoms with Crippen molar-refractivity contribution in [1.29, 1.82) is 5.26 Å². The number of benzene rings is 1. The maximum absolute atomic E-state index is 10.2. The Bertz CT molecular complexity index is 355. The number of rotatable bonds is 4. The highest BCUT2D eigenvalue weighted by Gasteiger charge is 2.04. The van der Waals surface area contributed by atoms with Crippen LogP contribution in [0.15, 0.2) is 24.3 Å². The number of nitrogens with zero attached hydrogens (tertiary/aromatic N) is 2. The third-order valence-electron chi connectivity index (χ3n) is 2.02. The molecule has 0 aliphatic carbocycles. The molecule has 0 unspecified atom stereocenters. The number of nitriles is 1. The average molecular weight is 188 g/mol. The van der Waals surface area contributed by atoms with E-state index in [-0.39, 0.29) is 0 Å². The lowest BCUT2D eigenvalue weighted by Gasteiger charge is -2.18. The van der Waals surface area contributed by atoms with E-state index in [4.69, 9.17) is 5.26 Å². The molecule has 0 heterocycles. The fourth-order valence-corrected chi connectivity index (χ4v) is 1.27. The van der Waals surface area contributed by atoms with E-state index in [1.807, 2.05) is 30.1 Å². The van der Waals surface area contributed by atoms with Crippen LogP contribution in [-0.4, -0.2) is 19.9 Å². The van der Waals surface area contributed by atoms with Gasteiger partial charge in [-0.05, 0) is 12.1 Å². The van der Waals surface area contributed by atoms with Gasteiger partial charge in [0.05, 0.1) is 11.3 Å². The molecule has 0 atom stereocenters. The number of para-hydroxylation sites is 1. The first-order valence-electron chi connectivity index (χ1n) is 4.43. The molecule has 0 saturated heterocycles. The summed E-state index contributed by atoms with van der Waals surface area (Å²) in [5.74, 6) is 0. The zero-order valence-electron chi connectivity index (χ0n) is 8.10. The number of hydrogen-bond acceptors (Lipinski definition) is 3. The Balaban J connectivity index is 2.83. The molecule has 0 radical (unpaired) electrons. The number of anilines is 1. The molecule has 0 aliphatic rings. The highest BCUT2D eigenvalue weighted by atomic mass is 16.1. The summed E-state index contributed by atoms with van der Waals surface area (Å²) in [4.78, 5) is 12.1. The largest absolute Gasteiger partial charge is 0.373 e. The number of aldehydes is 1. The summed E-state index contributed by atoms with van der Waals surface area (Å²) in [6.45, 7) is 0.641. The van der Waals surface area contributed by atoms with E-state index < -0.39 is 0 Å². The molecule has 1 aromatic rings. The van der Waals surface area contributed by atoms with Gasteiger partial charge in [0.2, 0.25) is 0 Å². The van der Waals surface area contributed by atoms with Gasteiger partial charge in [-0.2, -0.15) is 5.26 Å². The molecule has 0 saturated carbocycles. The molecule has 0 aliphatic heterocycles. The predicted molar refractivity (Wildman–Crippen MR) is 55.1 cm³/mol. The minimum atomic E-state index is 0.482. The topological polar surface area (TPSA) is 44.1 Å². The van der Waals surface area contributed by atoms with Crippen molar-refractivity contribution >= 4 is 12.0 Å². The van der Waals surface area contributed by atoms with Gasteiger partial charge >= 0.3 is 0 Å². The van der Waals surface area contributed by atoms with Crippen molar-refractivity contribution in [2.45, 2.75) is 6.42 Å². The zero-order chi connectivity index (χ0) is 10.4. The van der Waals surface area contributed by atoms with Crippen LogP contribution in [0.1, 0.15) is 12.0 Å². The van der Waals surface area contributed by atoms with Gasteiger partial charge in [0.15, 0.2) is 0 Å². The number of carbonyl (C=O) groups excluding carboxylic acids is 1. The van der Waals surface area contributed by atoms with Gasteiger partial charge in [-0.15, -0.1) is 0 Å². The Kier molecular flexibility index (Phi) is 3.69. The molecule has 14 heavy (non-hydrogen) atoms. The summed E-state index contributed by atoms with van der Waals surface area (Å²) in [5.41, 5.74) is 1.51. The summed E-state index contributed by atoms with van der Waals surface area (Å²) in [7, 11) is 1.87. The maximum Gasteiger partial charge on any atom is 0.121 e. The van der Waals surface area contributed by atoms with Crippen molar-refractivity contribution in [2.24, 2.45) is 0 Å². The van der Waals surface area contributed by atoms with E-state index in [2.05, 4.69) is 6.07 Å². The minimum absolute atomic E-state index is 0.482. The van der Waals surface area contributed by atoms with Gasteiger partial charge in [0, 0.05) is 20.0 Å². The van der Waals surface area contributed by atoms with Crippen molar-refractivity contribution in [3.8, 4) is 6.07 Å². The monoisotopic (exact) mass is 188 g/mol. The molecule has 72 valence electrons. The van der Waals surface area contributed by atoms with Crippen LogP contribution >= 0.6 is 0 Å². The molecule has 3 nitrogen and oxygen atoms in total. The van der Waals surface area contributed by atoms with Crippen molar-refractivity contribution in [1.82, 2.24) is 0 Å². The molecule has 1 aromatic carbocycles. The third kappa shape index (κ3) is 2.33. The number of carbonyl (C=O) groups is 1. The molecule has 0 fully saturated rings. The zero-order valence-corrected chi connectivity index (χ0v) is 8.10. The fourth-order valence-electron chi connectivity index (χ4n) is 1.27. The van der Waals surface area contributed by atoms with E-state index in [9.17, 15) is 4.79 Å². The third-order valence-corrected chi connectivity index (χ3v) is 2.02. The first kappa shape index (κ1) is 10.3. The molecule has 0 N–H and O–H groups in total. The Morgan fingerprint density at radius 2 is 2.21 bits per heavy atom.